The largest absolute Gasteiger partial charge is 0.308 e. The van der Waals surface area contributed by atoms with Gasteiger partial charge in [0.25, 0.3) is 0 Å². The smallest absolute Gasteiger partial charge is 0.166 e. The molecule has 0 atom stereocenters. The predicted molar refractivity (Wildman–Crippen MR) is 199 cm³/mol. The minimum Gasteiger partial charge on any atom is -0.308 e. The molecule has 3 heterocycles. The first-order valence-corrected chi connectivity index (χ1v) is 16.3. The molecule has 0 amide bonds. The molecule has 0 fully saturated rings. The van der Waals surface area contributed by atoms with Crippen molar-refractivity contribution in [3.05, 3.63) is 176 Å². The lowest BCUT2D eigenvalue weighted by atomic mass is 10.0. The second-order valence-electron chi connectivity index (χ2n) is 12.0. The fourth-order valence-electron chi connectivity index (χ4n) is 6.60. The van der Waals surface area contributed by atoms with Crippen LogP contribution in [0.15, 0.2) is 176 Å². The highest BCUT2D eigenvalue weighted by atomic mass is 15.1. The fraction of sp³-hybridized carbons (Fsp3) is 0. The monoisotopic (exact) mass is 627 g/mol. The van der Waals surface area contributed by atoms with E-state index in [4.69, 9.17) is 15.0 Å². The van der Waals surface area contributed by atoms with Crippen LogP contribution in [-0.4, -0.2) is 24.5 Å². The second kappa shape index (κ2) is 12.1. The van der Waals surface area contributed by atoms with E-state index in [0.717, 1.165) is 44.5 Å². The van der Waals surface area contributed by atoms with Gasteiger partial charge in [0.05, 0.1) is 16.7 Å². The number of fused-ring (bicyclic) bond motifs is 3. The molecule has 0 saturated carbocycles. The molecule has 0 aliphatic rings. The Morgan fingerprint density at radius 3 is 1.53 bits per heavy atom. The van der Waals surface area contributed by atoms with Gasteiger partial charge in [0, 0.05) is 39.9 Å². The molecule has 0 radical (unpaired) electrons. The lowest BCUT2D eigenvalue weighted by Gasteiger charge is -2.16. The van der Waals surface area contributed by atoms with Gasteiger partial charge in [0.2, 0.25) is 0 Å². The Labute approximate surface area is 283 Å². The van der Waals surface area contributed by atoms with Crippen LogP contribution in [0.1, 0.15) is 0 Å². The average Bonchev–Trinajstić information content (AvgIpc) is 3.52. The van der Waals surface area contributed by atoms with Gasteiger partial charge >= 0.3 is 0 Å². The number of aromatic nitrogens is 5. The van der Waals surface area contributed by atoms with Gasteiger partial charge < -0.3 is 4.57 Å². The molecule has 0 aliphatic carbocycles. The third-order valence-corrected chi connectivity index (χ3v) is 8.97. The number of pyridine rings is 1. The van der Waals surface area contributed by atoms with Crippen molar-refractivity contribution in [1.29, 1.82) is 0 Å². The SMILES string of the molecule is c1ccc(-c2ccc3c(c2)c2ccccc2n3-c2cc(-c3ccncc3)ccc2-c2nc(-c3ccccc3)nc(-c3ccccc3)n2)cc1. The summed E-state index contributed by atoms with van der Waals surface area (Å²) in [5.74, 6) is 1.86. The topological polar surface area (TPSA) is 56.5 Å². The Morgan fingerprint density at radius 2 is 0.857 bits per heavy atom. The van der Waals surface area contributed by atoms with Crippen molar-refractivity contribution in [1.82, 2.24) is 24.5 Å². The van der Waals surface area contributed by atoms with E-state index in [0.29, 0.717) is 17.5 Å². The molecule has 0 N–H and O–H groups in total. The van der Waals surface area contributed by atoms with E-state index < -0.39 is 0 Å². The van der Waals surface area contributed by atoms with Crippen molar-refractivity contribution in [3.8, 4) is 62.1 Å². The third-order valence-electron chi connectivity index (χ3n) is 8.97. The molecule has 5 heteroatoms. The zero-order valence-electron chi connectivity index (χ0n) is 26.5. The summed E-state index contributed by atoms with van der Waals surface area (Å²) >= 11 is 0. The molecular weight excluding hydrogens is 599 g/mol. The maximum atomic E-state index is 5.14. The first-order valence-electron chi connectivity index (χ1n) is 16.3. The number of nitrogens with zero attached hydrogens (tertiary/aromatic N) is 5. The first kappa shape index (κ1) is 28.5. The molecule has 0 spiro atoms. The van der Waals surface area contributed by atoms with Gasteiger partial charge in [-0.25, -0.2) is 15.0 Å². The van der Waals surface area contributed by atoms with Crippen LogP contribution >= 0.6 is 0 Å². The Bertz CT molecular complexity index is 2520. The van der Waals surface area contributed by atoms with Gasteiger partial charge in [0.1, 0.15) is 0 Å². The quantitative estimate of drug-likeness (QED) is 0.184. The number of benzene rings is 6. The van der Waals surface area contributed by atoms with Gasteiger partial charge in [-0.1, -0.05) is 121 Å². The van der Waals surface area contributed by atoms with Gasteiger partial charge in [-0.3, -0.25) is 4.98 Å². The van der Waals surface area contributed by atoms with Crippen molar-refractivity contribution in [3.63, 3.8) is 0 Å². The van der Waals surface area contributed by atoms with E-state index >= 15 is 0 Å². The molecule has 230 valence electrons. The van der Waals surface area contributed by atoms with Gasteiger partial charge in [0.15, 0.2) is 17.5 Å². The summed E-state index contributed by atoms with van der Waals surface area (Å²) in [5.41, 5.74) is 10.5. The van der Waals surface area contributed by atoms with Crippen LogP contribution in [0.3, 0.4) is 0 Å². The summed E-state index contributed by atoms with van der Waals surface area (Å²) in [5, 5.41) is 2.36. The summed E-state index contributed by atoms with van der Waals surface area (Å²) in [7, 11) is 0. The predicted octanol–water partition coefficient (Wildman–Crippen LogP) is 10.7. The maximum absolute atomic E-state index is 5.14. The minimum absolute atomic E-state index is 0.607. The van der Waals surface area contributed by atoms with Crippen LogP contribution in [0.2, 0.25) is 0 Å². The van der Waals surface area contributed by atoms with Crippen molar-refractivity contribution in [2.75, 3.05) is 0 Å². The highest BCUT2D eigenvalue weighted by molar-refractivity contribution is 6.11. The van der Waals surface area contributed by atoms with E-state index in [1.807, 2.05) is 85.2 Å². The third kappa shape index (κ3) is 5.24. The van der Waals surface area contributed by atoms with Gasteiger partial charge in [-0.05, 0) is 64.7 Å². The standard InChI is InChI=1S/C44H29N5/c1-4-12-30(13-5-1)34-21-23-40-38(28-34)36-18-10-11-19-39(36)49(40)41-29-35(31-24-26-45-27-25-31)20-22-37(41)44-47-42(32-14-6-2-7-15-32)46-43(48-44)33-16-8-3-9-17-33/h1-29H. The molecule has 5 nitrogen and oxygen atoms in total. The summed E-state index contributed by atoms with van der Waals surface area (Å²) in [6.45, 7) is 0. The molecule has 0 saturated heterocycles. The number of para-hydroxylation sites is 1. The highest BCUT2D eigenvalue weighted by Gasteiger charge is 2.20. The number of hydrogen-bond acceptors (Lipinski definition) is 4. The number of hydrogen-bond donors (Lipinski definition) is 0. The molecule has 0 unspecified atom stereocenters. The normalized spacial score (nSPS) is 11.3. The van der Waals surface area contributed by atoms with E-state index in [-0.39, 0.29) is 0 Å². The minimum atomic E-state index is 0.607. The Morgan fingerprint density at radius 1 is 0.347 bits per heavy atom. The fourth-order valence-corrected chi connectivity index (χ4v) is 6.60. The first-order chi connectivity index (χ1) is 24.3. The summed E-state index contributed by atoms with van der Waals surface area (Å²) in [6.07, 6.45) is 3.66. The van der Waals surface area contributed by atoms with E-state index in [2.05, 4.69) is 101 Å². The molecule has 6 aromatic carbocycles. The molecule has 49 heavy (non-hydrogen) atoms. The molecule has 9 aromatic rings. The van der Waals surface area contributed by atoms with Crippen LogP contribution in [-0.2, 0) is 0 Å². The van der Waals surface area contributed by atoms with Crippen molar-refractivity contribution >= 4 is 21.8 Å². The molecule has 3 aromatic heterocycles. The molecular formula is C44H29N5. The van der Waals surface area contributed by atoms with Crippen LogP contribution in [0, 0.1) is 0 Å². The van der Waals surface area contributed by atoms with Crippen molar-refractivity contribution < 1.29 is 0 Å². The van der Waals surface area contributed by atoms with E-state index in [9.17, 15) is 0 Å². The van der Waals surface area contributed by atoms with Gasteiger partial charge in [-0.15, -0.1) is 0 Å². The van der Waals surface area contributed by atoms with Crippen LogP contribution < -0.4 is 0 Å². The van der Waals surface area contributed by atoms with E-state index in [1.54, 1.807) is 0 Å². The zero-order chi connectivity index (χ0) is 32.6. The Hall–Kier alpha value is -6.72. The molecule has 0 aliphatic heterocycles. The number of rotatable bonds is 6. The average molecular weight is 628 g/mol. The van der Waals surface area contributed by atoms with Crippen molar-refractivity contribution in [2.45, 2.75) is 0 Å². The van der Waals surface area contributed by atoms with Gasteiger partial charge in [-0.2, -0.15) is 0 Å². The van der Waals surface area contributed by atoms with Crippen LogP contribution in [0.25, 0.3) is 83.9 Å². The van der Waals surface area contributed by atoms with Crippen LogP contribution in [0.5, 0.6) is 0 Å². The second-order valence-corrected chi connectivity index (χ2v) is 12.0. The summed E-state index contributed by atoms with van der Waals surface area (Å²) in [4.78, 5) is 19.5. The Balaban J connectivity index is 1.34. The Kier molecular flexibility index (Phi) is 7.06. The van der Waals surface area contributed by atoms with Crippen LogP contribution in [0.4, 0.5) is 0 Å². The van der Waals surface area contributed by atoms with E-state index in [1.165, 1.54) is 21.9 Å². The summed E-state index contributed by atoms with van der Waals surface area (Å²) in [6, 6.07) is 56.7. The van der Waals surface area contributed by atoms with Crippen molar-refractivity contribution in [2.24, 2.45) is 0 Å². The molecule has 0 bridgehead atoms. The lowest BCUT2D eigenvalue weighted by Crippen LogP contribution is -2.04. The molecule has 9 rings (SSSR count). The maximum Gasteiger partial charge on any atom is 0.166 e. The zero-order valence-corrected chi connectivity index (χ0v) is 26.5. The highest BCUT2D eigenvalue weighted by Crippen LogP contribution is 2.39. The summed E-state index contributed by atoms with van der Waals surface area (Å²) < 4.78 is 2.35. The lowest BCUT2D eigenvalue weighted by molar-refractivity contribution is 1.06.